The summed E-state index contributed by atoms with van der Waals surface area (Å²) in [5.74, 6) is 0.189. The van der Waals surface area contributed by atoms with E-state index < -0.39 is 0 Å². The van der Waals surface area contributed by atoms with Gasteiger partial charge in [-0.1, -0.05) is 30.3 Å². The standard InChI is InChI=1S/C16H16FNO2/c1-20-16-9-5-3-7-13(16)15(19)11-18-10-12-6-2-4-8-14(12)17/h2-9,18H,10-11H2,1H3. The topological polar surface area (TPSA) is 38.3 Å². The van der Waals surface area contributed by atoms with E-state index in [0.717, 1.165) is 0 Å². The molecule has 0 unspecified atom stereocenters. The lowest BCUT2D eigenvalue weighted by Gasteiger charge is -2.08. The van der Waals surface area contributed by atoms with Crippen molar-refractivity contribution in [3.63, 3.8) is 0 Å². The van der Waals surface area contributed by atoms with E-state index in [-0.39, 0.29) is 18.1 Å². The zero-order valence-corrected chi connectivity index (χ0v) is 11.2. The Morgan fingerprint density at radius 2 is 1.85 bits per heavy atom. The van der Waals surface area contributed by atoms with Crippen LogP contribution in [0, 0.1) is 5.82 Å². The molecule has 0 spiro atoms. The predicted molar refractivity (Wildman–Crippen MR) is 75.4 cm³/mol. The van der Waals surface area contributed by atoms with Crippen LogP contribution in [0.1, 0.15) is 15.9 Å². The van der Waals surface area contributed by atoms with E-state index in [4.69, 9.17) is 4.74 Å². The Kier molecular flexibility index (Phi) is 4.85. The van der Waals surface area contributed by atoms with Crippen molar-refractivity contribution in [2.24, 2.45) is 0 Å². The quantitative estimate of drug-likeness (QED) is 0.822. The SMILES string of the molecule is COc1ccccc1C(=O)CNCc1ccccc1F. The molecule has 1 N–H and O–H groups in total. The smallest absolute Gasteiger partial charge is 0.180 e. The lowest BCUT2D eigenvalue weighted by Crippen LogP contribution is -2.23. The van der Waals surface area contributed by atoms with Gasteiger partial charge in [0.2, 0.25) is 0 Å². The van der Waals surface area contributed by atoms with Crippen molar-refractivity contribution in [2.45, 2.75) is 6.54 Å². The zero-order valence-electron chi connectivity index (χ0n) is 11.2. The van der Waals surface area contributed by atoms with Crippen molar-refractivity contribution >= 4 is 5.78 Å². The molecule has 0 heterocycles. The lowest BCUT2D eigenvalue weighted by molar-refractivity contribution is 0.0987. The molecule has 0 fully saturated rings. The van der Waals surface area contributed by atoms with Gasteiger partial charge in [0.25, 0.3) is 0 Å². The number of nitrogens with one attached hydrogen (secondary N) is 1. The normalized spacial score (nSPS) is 10.3. The molecule has 2 rings (SSSR count). The third kappa shape index (κ3) is 3.42. The molecule has 0 radical (unpaired) electrons. The molecule has 3 nitrogen and oxygen atoms in total. The summed E-state index contributed by atoms with van der Waals surface area (Å²) in [6, 6.07) is 13.5. The first-order chi connectivity index (χ1) is 9.72. The Morgan fingerprint density at radius 3 is 2.60 bits per heavy atom. The van der Waals surface area contributed by atoms with E-state index in [1.807, 2.05) is 6.07 Å². The average molecular weight is 273 g/mol. The number of halogens is 1. The zero-order chi connectivity index (χ0) is 14.4. The van der Waals surface area contributed by atoms with Gasteiger partial charge in [-0.05, 0) is 18.2 Å². The molecule has 0 aliphatic rings. The number of ketones is 1. The summed E-state index contributed by atoms with van der Waals surface area (Å²) >= 11 is 0. The summed E-state index contributed by atoms with van der Waals surface area (Å²) in [5, 5.41) is 2.95. The number of carbonyl (C=O) groups excluding carboxylic acids is 1. The molecule has 2 aromatic carbocycles. The van der Waals surface area contributed by atoms with E-state index in [0.29, 0.717) is 23.4 Å². The molecular weight excluding hydrogens is 257 g/mol. The Balaban J connectivity index is 1.94. The van der Waals surface area contributed by atoms with Crippen LogP contribution in [0.15, 0.2) is 48.5 Å². The maximum absolute atomic E-state index is 13.4. The Hall–Kier alpha value is -2.20. The van der Waals surface area contributed by atoms with E-state index in [9.17, 15) is 9.18 Å². The number of ether oxygens (including phenoxy) is 1. The van der Waals surface area contributed by atoms with Crippen LogP contribution in [0.5, 0.6) is 5.75 Å². The Bertz CT molecular complexity index is 599. The number of rotatable bonds is 6. The summed E-state index contributed by atoms with van der Waals surface area (Å²) in [4.78, 5) is 12.1. The number of benzene rings is 2. The molecular formula is C16H16FNO2. The first-order valence-corrected chi connectivity index (χ1v) is 6.32. The van der Waals surface area contributed by atoms with Crippen molar-refractivity contribution in [3.05, 3.63) is 65.5 Å². The number of Topliss-reactive ketones (excluding diaryl/α,β-unsaturated/α-hetero) is 1. The number of hydrogen-bond donors (Lipinski definition) is 1. The molecule has 4 heteroatoms. The first kappa shape index (κ1) is 14.2. The van der Waals surface area contributed by atoms with Gasteiger partial charge < -0.3 is 10.1 Å². The second-order valence-electron chi connectivity index (χ2n) is 4.32. The van der Waals surface area contributed by atoms with E-state index in [1.165, 1.54) is 13.2 Å². The van der Waals surface area contributed by atoms with Gasteiger partial charge in [-0.2, -0.15) is 0 Å². The first-order valence-electron chi connectivity index (χ1n) is 6.32. The molecule has 2 aromatic rings. The highest BCUT2D eigenvalue weighted by atomic mass is 19.1. The van der Waals surface area contributed by atoms with Gasteiger partial charge in [-0.3, -0.25) is 4.79 Å². The minimum Gasteiger partial charge on any atom is -0.496 e. The van der Waals surface area contributed by atoms with Gasteiger partial charge >= 0.3 is 0 Å². The fourth-order valence-electron chi connectivity index (χ4n) is 1.92. The van der Waals surface area contributed by atoms with E-state index in [1.54, 1.807) is 36.4 Å². The van der Waals surface area contributed by atoms with Crippen LogP contribution in [-0.2, 0) is 6.54 Å². The molecule has 0 aliphatic heterocycles. The van der Waals surface area contributed by atoms with Crippen LogP contribution in [0.4, 0.5) is 4.39 Å². The van der Waals surface area contributed by atoms with Crippen LogP contribution in [-0.4, -0.2) is 19.4 Å². The molecule has 104 valence electrons. The minimum atomic E-state index is -0.273. The molecule has 0 saturated carbocycles. The van der Waals surface area contributed by atoms with Gasteiger partial charge in [-0.25, -0.2) is 4.39 Å². The highest BCUT2D eigenvalue weighted by Gasteiger charge is 2.11. The fourth-order valence-corrected chi connectivity index (χ4v) is 1.92. The van der Waals surface area contributed by atoms with Gasteiger partial charge in [0.1, 0.15) is 11.6 Å². The third-order valence-corrected chi connectivity index (χ3v) is 2.97. The molecule has 0 aliphatic carbocycles. The van der Waals surface area contributed by atoms with Gasteiger partial charge in [0.05, 0.1) is 19.2 Å². The van der Waals surface area contributed by atoms with Crippen molar-refractivity contribution in [3.8, 4) is 5.75 Å². The molecule has 0 atom stereocenters. The van der Waals surface area contributed by atoms with Crippen molar-refractivity contribution in [1.29, 1.82) is 0 Å². The van der Waals surface area contributed by atoms with Crippen LogP contribution in [0.3, 0.4) is 0 Å². The van der Waals surface area contributed by atoms with Crippen molar-refractivity contribution in [2.75, 3.05) is 13.7 Å². The monoisotopic (exact) mass is 273 g/mol. The van der Waals surface area contributed by atoms with Gasteiger partial charge in [-0.15, -0.1) is 0 Å². The number of methoxy groups -OCH3 is 1. The van der Waals surface area contributed by atoms with E-state index >= 15 is 0 Å². The average Bonchev–Trinajstić information content (AvgIpc) is 2.49. The summed E-state index contributed by atoms with van der Waals surface area (Å²) in [6.07, 6.45) is 0. The summed E-state index contributed by atoms with van der Waals surface area (Å²) < 4.78 is 18.6. The minimum absolute atomic E-state index is 0.0845. The Labute approximate surface area is 117 Å². The van der Waals surface area contributed by atoms with Gasteiger partial charge in [0.15, 0.2) is 5.78 Å². The van der Waals surface area contributed by atoms with Crippen LogP contribution < -0.4 is 10.1 Å². The fraction of sp³-hybridized carbons (Fsp3) is 0.188. The van der Waals surface area contributed by atoms with Crippen molar-refractivity contribution < 1.29 is 13.9 Å². The molecule has 0 amide bonds. The van der Waals surface area contributed by atoms with Crippen LogP contribution in [0.25, 0.3) is 0 Å². The molecule has 20 heavy (non-hydrogen) atoms. The van der Waals surface area contributed by atoms with E-state index in [2.05, 4.69) is 5.32 Å². The van der Waals surface area contributed by atoms with Crippen molar-refractivity contribution in [1.82, 2.24) is 5.32 Å². The second-order valence-corrected chi connectivity index (χ2v) is 4.32. The molecule has 0 saturated heterocycles. The Morgan fingerprint density at radius 1 is 1.15 bits per heavy atom. The summed E-state index contributed by atoms with van der Waals surface area (Å²) in [6.45, 7) is 0.447. The number of hydrogen-bond acceptors (Lipinski definition) is 3. The highest BCUT2D eigenvalue weighted by Crippen LogP contribution is 2.17. The number of para-hydroxylation sites is 1. The third-order valence-electron chi connectivity index (χ3n) is 2.97. The van der Waals surface area contributed by atoms with Crippen LogP contribution in [0.2, 0.25) is 0 Å². The summed E-state index contributed by atoms with van der Waals surface area (Å²) in [5.41, 5.74) is 1.07. The maximum Gasteiger partial charge on any atom is 0.180 e. The summed E-state index contributed by atoms with van der Waals surface area (Å²) in [7, 11) is 1.53. The second kappa shape index (κ2) is 6.82. The lowest BCUT2D eigenvalue weighted by atomic mass is 10.1. The van der Waals surface area contributed by atoms with Gasteiger partial charge in [0, 0.05) is 12.1 Å². The maximum atomic E-state index is 13.4. The van der Waals surface area contributed by atoms with Crippen LogP contribution >= 0.6 is 0 Å². The number of carbonyl (C=O) groups is 1. The molecule has 0 bridgehead atoms. The largest absolute Gasteiger partial charge is 0.496 e. The molecule has 0 aromatic heterocycles. The highest BCUT2D eigenvalue weighted by molar-refractivity contribution is 6.00. The predicted octanol–water partition coefficient (Wildman–Crippen LogP) is 2.81.